The zero-order valence-corrected chi connectivity index (χ0v) is 16.0. The van der Waals surface area contributed by atoms with Crippen molar-refractivity contribution in [2.75, 3.05) is 21.3 Å². The van der Waals surface area contributed by atoms with E-state index in [-0.39, 0.29) is 18.0 Å². The van der Waals surface area contributed by atoms with Crippen molar-refractivity contribution in [2.45, 2.75) is 30.7 Å². The molecule has 1 fully saturated rings. The highest BCUT2D eigenvalue weighted by Gasteiger charge is 2.37. The fourth-order valence-corrected chi connectivity index (χ4v) is 4.10. The van der Waals surface area contributed by atoms with Crippen LogP contribution in [-0.2, 0) is 16.6 Å². The minimum Gasteiger partial charge on any atom is -0.493 e. The molecule has 0 radical (unpaired) electrons. The van der Waals surface area contributed by atoms with Gasteiger partial charge in [-0.2, -0.15) is 4.31 Å². The Morgan fingerprint density at radius 1 is 1.23 bits per heavy atom. The summed E-state index contributed by atoms with van der Waals surface area (Å²) in [5, 5.41) is 0. The van der Waals surface area contributed by atoms with Gasteiger partial charge in [0.1, 0.15) is 22.2 Å². The maximum absolute atomic E-state index is 14.3. The Balaban J connectivity index is 1.84. The molecule has 0 unspecified atom stereocenters. The molecule has 2 aromatic rings. The van der Waals surface area contributed by atoms with E-state index in [1.807, 2.05) is 6.07 Å². The largest absolute Gasteiger partial charge is 0.493 e. The zero-order chi connectivity index (χ0) is 19.1. The van der Waals surface area contributed by atoms with Crippen LogP contribution >= 0.6 is 0 Å². The first-order valence-electron chi connectivity index (χ1n) is 8.24. The average Bonchev–Trinajstić information content (AvgIpc) is 3.15. The highest BCUT2D eigenvalue weighted by Crippen LogP contribution is 2.47. The van der Waals surface area contributed by atoms with E-state index < -0.39 is 20.7 Å². The summed E-state index contributed by atoms with van der Waals surface area (Å²) in [7, 11) is 0.0278. The van der Waals surface area contributed by atoms with E-state index in [1.165, 1.54) is 21.3 Å². The van der Waals surface area contributed by atoms with Crippen LogP contribution in [0.4, 0.5) is 4.39 Å². The minimum atomic E-state index is -4.07. The normalized spacial score (nSPS) is 19.6. The lowest BCUT2D eigenvalue weighted by molar-refractivity contribution is 0.349. The number of hydrogen-bond donors (Lipinski definition) is 0. The molecule has 2 atom stereocenters. The Morgan fingerprint density at radius 2 is 1.85 bits per heavy atom. The van der Waals surface area contributed by atoms with Crippen LogP contribution in [0, 0.1) is 11.7 Å². The Kier molecular flexibility index (Phi) is 4.98. The van der Waals surface area contributed by atoms with Gasteiger partial charge >= 0.3 is 0 Å². The van der Waals surface area contributed by atoms with E-state index >= 15 is 0 Å². The van der Waals surface area contributed by atoms with Gasteiger partial charge in [0.05, 0.1) is 20.8 Å². The van der Waals surface area contributed by atoms with Crippen molar-refractivity contribution in [3.05, 3.63) is 41.6 Å². The summed E-state index contributed by atoms with van der Waals surface area (Å²) >= 11 is 0. The van der Waals surface area contributed by atoms with Crippen LogP contribution in [0.3, 0.4) is 0 Å². The Hall–Kier alpha value is -2.06. The first kappa shape index (κ1) is 18.7. The first-order chi connectivity index (χ1) is 12.3. The summed E-state index contributed by atoms with van der Waals surface area (Å²) < 4.78 is 56.8. The van der Waals surface area contributed by atoms with Crippen molar-refractivity contribution in [1.29, 1.82) is 0 Å². The van der Waals surface area contributed by atoms with Crippen LogP contribution in [-0.4, -0.2) is 34.0 Å². The molecule has 6 nitrogen and oxygen atoms in total. The molecule has 1 saturated carbocycles. The molecule has 0 bridgehead atoms. The summed E-state index contributed by atoms with van der Waals surface area (Å²) in [5.74, 6) is 1.76. The SMILES string of the molecule is COc1cc(F)c(S(=O)(=O)N(C)Cc2ccc([C@H]3C[C@@H]3C)o2)cc1OC. The Bertz CT molecular complexity index is 908. The lowest BCUT2D eigenvalue weighted by atomic mass is 10.3. The van der Waals surface area contributed by atoms with E-state index in [0.29, 0.717) is 17.6 Å². The third kappa shape index (κ3) is 3.43. The monoisotopic (exact) mass is 383 g/mol. The molecular formula is C18H22FNO5S. The summed E-state index contributed by atoms with van der Waals surface area (Å²) in [6.45, 7) is 2.15. The molecule has 1 aliphatic rings. The molecular weight excluding hydrogens is 361 g/mol. The molecule has 1 heterocycles. The summed E-state index contributed by atoms with van der Waals surface area (Å²) in [4.78, 5) is -0.472. The third-order valence-electron chi connectivity index (χ3n) is 4.66. The fourth-order valence-electron chi connectivity index (χ4n) is 2.90. The van der Waals surface area contributed by atoms with E-state index in [1.54, 1.807) is 6.07 Å². The quantitative estimate of drug-likeness (QED) is 0.733. The van der Waals surface area contributed by atoms with Gasteiger partial charge in [-0.3, -0.25) is 0 Å². The summed E-state index contributed by atoms with van der Waals surface area (Å²) in [6, 6.07) is 5.76. The lowest BCUT2D eigenvalue weighted by Gasteiger charge is -2.18. The second kappa shape index (κ2) is 6.92. The zero-order valence-electron chi connectivity index (χ0n) is 15.2. The highest BCUT2D eigenvalue weighted by atomic mass is 32.2. The number of ether oxygens (including phenoxy) is 2. The molecule has 0 spiro atoms. The molecule has 8 heteroatoms. The topological polar surface area (TPSA) is 69.0 Å². The second-order valence-corrected chi connectivity index (χ2v) is 8.54. The number of furan rings is 1. The maximum atomic E-state index is 14.3. The van der Waals surface area contributed by atoms with Crippen LogP contribution in [0.5, 0.6) is 11.5 Å². The van der Waals surface area contributed by atoms with Crippen molar-refractivity contribution >= 4 is 10.0 Å². The van der Waals surface area contributed by atoms with Gasteiger partial charge in [0.15, 0.2) is 11.5 Å². The summed E-state index contributed by atoms with van der Waals surface area (Å²) in [6.07, 6.45) is 1.08. The number of benzene rings is 1. The van der Waals surface area contributed by atoms with Crippen LogP contribution < -0.4 is 9.47 Å². The van der Waals surface area contributed by atoms with Gasteiger partial charge in [-0.05, 0) is 24.5 Å². The van der Waals surface area contributed by atoms with E-state index in [2.05, 4.69) is 6.92 Å². The molecule has 26 heavy (non-hydrogen) atoms. The summed E-state index contributed by atoms with van der Waals surface area (Å²) in [5.41, 5.74) is 0. The van der Waals surface area contributed by atoms with Gasteiger partial charge in [-0.15, -0.1) is 0 Å². The van der Waals surface area contributed by atoms with Gasteiger partial charge in [0.2, 0.25) is 10.0 Å². The third-order valence-corrected chi connectivity index (χ3v) is 6.48. The molecule has 1 aromatic heterocycles. The van der Waals surface area contributed by atoms with Gasteiger partial charge in [0, 0.05) is 25.1 Å². The molecule has 1 aromatic carbocycles. The molecule has 0 saturated heterocycles. The average molecular weight is 383 g/mol. The second-order valence-electron chi connectivity index (χ2n) is 6.52. The smallest absolute Gasteiger partial charge is 0.246 e. The minimum absolute atomic E-state index is 0.0111. The Morgan fingerprint density at radius 3 is 2.42 bits per heavy atom. The van der Waals surface area contributed by atoms with Gasteiger partial charge in [0.25, 0.3) is 0 Å². The molecule has 0 amide bonds. The molecule has 142 valence electrons. The molecule has 0 aliphatic heterocycles. The number of rotatable bonds is 7. The van der Waals surface area contributed by atoms with Crippen molar-refractivity contribution in [3.8, 4) is 11.5 Å². The molecule has 3 rings (SSSR count). The van der Waals surface area contributed by atoms with Crippen LogP contribution in [0.25, 0.3) is 0 Å². The number of halogens is 1. The standard InChI is InChI=1S/C18H22FNO5S/c1-11-7-13(11)15-6-5-12(25-15)10-20(2)26(21,22)18-9-17(24-4)16(23-3)8-14(18)19/h5-6,8-9,11,13H,7,10H2,1-4H3/t11-,13-/m0/s1. The van der Waals surface area contributed by atoms with Crippen LogP contribution in [0.15, 0.2) is 33.6 Å². The van der Waals surface area contributed by atoms with E-state index in [4.69, 9.17) is 13.9 Å². The van der Waals surface area contributed by atoms with Crippen molar-refractivity contribution in [1.82, 2.24) is 4.31 Å². The van der Waals surface area contributed by atoms with E-state index in [9.17, 15) is 12.8 Å². The lowest BCUT2D eigenvalue weighted by Crippen LogP contribution is -2.27. The Labute approximate surface area is 152 Å². The van der Waals surface area contributed by atoms with Crippen LogP contribution in [0.1, 0.15) is 30.8 Å². The predicted molar refractivity (Wildman–Crippen MR) is 93.4 cm³/mol. The number of nitrogens with zero attached hydrogens (tertiary/aromatic N) is 1. The van der Waals surface area contributed by atoms with Crippen molar-refractivity contribution in [3.63, 3.8) is 0 Å². The highest BCUT2D eigenvalue weighted by molar-refractivity contribution is 7.89. The fraction of sp³-hybridized carbons (Fsp3) is 0.444. The van der Waals surface area contributed by atoms with Crippen LogP contribution in [0.2, 0.25) is 0 Å². The maximum Gasteiger partial charge on any atom is 0.246 e. The van der Waals surface area contributed by atoms with Crippen molar-refractivity contribution < 1.29 is 26.7 Å². The number of hydrogen-bond acceptors (Lipinski definition) is 5. The van der Waals surface area contributed by atoms with Gasteiger partial charge in [-0.1, -0.05) is 6.92 Å². The molecule has 0 N–H and O–H groups in total. The van der Waals surface area contributed by atoms with Gasteiger partial charge < -0.3 is 13.9 Å². The first-order valence-corrected chi connectivity index (χ1v) is 9.68. The predicted octanol–water partition coefficient (Wildman–Crippen LogP) is 3.38. The van der Waals surface area contributed by atoms with E-state index in [0.717, 1.165) is 28.6 Å². The van der Waals surface area contributed by atoms with Crippen molar-refractivity contribution in [2.24, 2.45) is 5.92 Å². The number of methoxy groups -OCH3 is 2. The van der Waals surface area contributed by atoms with Gasteiger partial charge in [-0.25, -0.2) is 12.8 Å². The number of sulfonamides is 1. The molecule has 1 aliphatic carbocycles.